The van der Waals surface area contributed by atoms with Crippen molar-refractivity contribution in [3.63, 3.8) is 0 Å². The molecule has 0 radical (unpaired) electrons. The minimum Gasteiger partial charge on any atom is -0.333 e. The van der Waals surface area contributed by atoms with Crippen molar-refractivity contribution in [1.82, 2.24) is 30.3 Å². The average Bonchev–Trinajstić information content (AvgIpc) is 3.08. The van der Waals surface area contributed by atoms with Gasteiger partial charge in [-0.3, -0.25) is 4.68 Å². The van der Waals surface area contributed by atoms with Gasteiger partial charge in [-0.15, -0.1) is 11.3 Å². The van der Waals surface area contributed by atoms with Crippen molar-refractivity contribution in [1.29, 1.82) is 0 Å². The van der Waals surface area contributed by atoms with Crippen molar-refractivity contribution in [2.24, 2.45) is 0 Å². The lowest BCUT2D eigenvalue weighted by atomic mass is 10.2. The maximum atomic E-state index is 12.3. The van der Waals surface area contributed by atoms with E-state index in [0.717, 1.165) is 40.8 Å². The molecule has 2 aromatic rings. The van der Waals surface area contributed by atoms with Crippen molar-refractivity contribution in [2.45, 2.75) is 40.0 Å². The Morgan fingerprint density at radius 3 is 3.09 bits per heavy atom. The minimum absolute atomic E-state index is 0.0841. The molecule has 3 rings (SSSR count). The summed E-state index contributed by atoms with van der Waals surface area (Å²) < 4.78 is 2.01. The molecule has 0 bridgehead atoms. The van der Waals surface area contributed by atoms with Crippen molar-refractivity contribution < 1.29 is 4.79 Å². The standard InChI is InChI=1S/C15H22N6OS/c1-10-14(23-11(2)19-10)8-17-15(22)20(3)9-12-6-18-21-5-4-16-7-13(12)21/h6,16H,4-5,7-9H2,1-3H3,(H,17,22). The number of thiazole rings is 1. The summed E-state index contributed by atoms with van der Waals surface area (Å²) in [6, 6.07) is -0.0841. The Labute approximate surface area is 139 Å². The van der Waals surface area contributed by atoms with E-state index < -0.39 is 0 Å². The van der Waals surface area contributed by atoms with Gasteiger partial charge in [0.25, 0.3) is 0 Å². The average molecular weight is 334 g/mol. The second kappa shape index (κ2) is 6.67. The molecule has 124 valence electrons. The quantitative estimate of drug-likeness (QED) is 0.886. The van der Waals surface area contributed by atoms with Crippen molar-refractivity contribution in [2.75, 3.05) is 13.6 Å². The second-order valence-electron chi connectivity index (χ2n) is 5.77. The van der Waals surface area contributed by atoms with E-state index in [4.69, 9.17) is 0 Å². The Kier molecular flexibility index (Phi) is 4.63. The molecule has 1 aliphatic heterocycles. The molecule has 0 aromatic carbocycles. The van der Waals surface area contributed by atoms with Crippen LogP contribution in [-0.4, -0.2) is 39.3 Å². The summed E-state index contributed by atoms with van der Waals surface area (Å²) in [7, 11) is 1.81. The van der Waals surface area contributed by atoms with E-state index in [1.165, 1.54) is 5.69 Å². The number of urea groups is 1. The van der Waals surface area contributed by atoms with Crippen LogP contribution in [0.1, 0.15) is 26.8 Å². The maximum absolute atomic E-state index is 12.3. The molecule has 0 saturated carbocycles. The van der Waals surface area contributed by atoms with Crippen LogP contribution in [0.25, 0.3) is 0 Å². The van der Waals surface area contributed by atoms with Crippen LogP contribution in [0.15, 0.2) is 6.20 Å². The lowest BCUT2D eigenvalue weighted by Gasteiger charge is -2.20. The topological polar surface area (TPSA) is 75.1 Å². The van der Waals surface area contributed by atoms with Gasteiger partial charge in [0, 0.05) is 30.6 Å². The first-order valence-corrected chi connectivity index (χ1v) is 8.52. The highest BCUT2D eigenvalue weighted by atomic mass is 32.1. The molecule has 2 amide bonds. The summed E-state index contributed by atoms with van der Waals surface area (Å²) in [5.74, 6) is 0. The van der Waals surface area contributed by atoms with E-state index in [-0.39, 0.29) is 6.03 Å². The van der Waals surface area contributed by atoms with Gasteiger partial charge in [-0.1, -0.05) is 0 Å². The molecular weight excluding hydrogens is 312 g/mol. The third-order valence-electron chi connectivity index (χ3n) is 3.98. The highest BCUT2D eigenvalue weighted by Crippen LogP contribution is 2.17. The zero-order chi connectivity index (χ0) is 16.4. The number of nitrogens with zero attached hydrogens (tertiary/aromatic N) is 4. The van der Waals surface area contributed by atoms with E-state index in [1.54, 1.807) is 23.3 Å². The normalized spacial score (nSPS) is 13.7. The first kappa shape index (κ1) is 15.9. The fourth-order valence-corrected chi connectivity index (χ4v) is 3.60. The molecule has 7 nitrogen and oxygen atoms in total. The third kappa shape index (κ3) is 3.53. The molecule has 0 saturated heterocycles. The number of rotatable bonds is 4. The van der Waals surface area contributed by atoms with Crippen molar-refractivity contribution in [3.8, 4) is 0 Å². The minimum atomic E-state index is -0.0841. The number of fused-ring (bicyclic) bond motifs is 1. The van der Waals surface area contributed by atoms with Crippen LogP contribution in [0.4, 0.5) is 4.79 Å². The van der Waals surface area contributed by atoms with Crippen LogP contribution < -0.4 is 10.6 Å². The van der Waals surface area contributed by atoms with E-state index >= 15 is 0 Å². The Morgan fingerprint density at radius 2 is 2.35 bits per heavy atom. The van der Waals surface area contributed by atoms with E-state index in [9.17, 15) is 4.79 Å². The lowest BCUT2D eigenvalue weighted by Crippen LogP contribution is -2.37. The number of aromatic nitrogens is 3. The fraction of sp³-hybridized carbons (Fsp3) is 0.533. The number of carbonyl (C=O) groups excluding carboxylic acids is 1. The fourth-order valence-electron chi connectivity index (χ4n) is 2.73. The van der Waals surface area contributed by atoms with E-state index in [1.807, 2.05) is 24.7 Å². The summed E-state index contributed by atoms with van der Waals surface area (Å²) in [5.41, 5.74) is 3.26. The number of carbonyl (C=O) groups is 1. The maximum Gasteiger partial charge on any atom is 0.317 e. The second-order valence-corrected chi connectivity index (χ2v) is 7.06. The molecule has 2 N–H and O–H groups in total. The van der Waals surface area contributed by atoms with Crippen LogP contribution in [0.5, 0.6) is 0 Å². The van der Waals surface area contributed by atoms with Gasteiger partial charge in [0.05, 0.1) is 42.2 Å². The van der Waals surface area contributed by atoms with Gasteiger partial charge < -0.3 is 15.5 Å². The Morgan fingerprint density at radius 1 is 1.52 bits per heavy atom. The van der Waals surface area contributed by atoms with Crippen molar-refractivity contribution in [3.05, 3.63) is 33.0 Å². The highest BCUT2D eigenvalue weighted by molar-refractivity contribution is 7.11. The molecule has 0 atom stereocenters. The Hall–Kier alpha value is -1.93. The van der Waals surface area contributed by atoms with Gasteiger partial charge in [0.1, 0.15) is 0 Å². The molecule has 0 spiro atoms. The SMILES string of the molecule is Cc1nc(C)c(CNC(=O)N(C)Cc2cnn3c2CNCC3)s1. The molecule has 23 heavy (non-hydrogen) atoms. The first-order chi connectivity index (χ1) is 11.0. The van der Waals surface area contributed by atoms with Crippen LogP contribution in [-0.2, 0) is 26.2 Å². The zero-order valence-electron chi connectivity index (χ0n) is 13.7. The van der Waals surface area contributed by atoms with Gasteiger partial charge >= 0.3 is 6.03 Å². The van der Waals surface area contributed by atoms with Gasteiger partial charge in [-0.25, -0.2) is 9.78 Å². The molecule has 1 aliphatic rings. The monoisotopic (exact) mass is 334 g/mol. The molecule has 0 unspecified atom stereocenters. The van der Waals surface area contributed by atoms with Crippen LogP contribution in [0.3, 0.4) is 0 Å². The molecule has 0 aliphatic carbocycles. The van der Waals surface area contributed by atoms with E-state index in [2.05, 4.69) is 20.7 Å². The summed E-state index contributed by atoms with van der Waals surface area (Å²) in [4.78, 5) is 19.5. The van der Waals surface area contributed by atoms with Crippen LogP contribution >= 0.6 is 11.3 Å². The van der Waals surface area contributed by atoms with Gasteiger partial charge in [-0.2, -0.15) is 5.10 Å². The molecular formula is C15H22N6OS. The van der Waals surface area contributed by atoms with Gasteiger partial charge in [-0.05, 0) is 13.8 Å². The summed E-state index contributed by atoms with van der Waals surface area (Å²) in [6.45, 7) is 7.67. The number of hydrogen-bond donors (Lipinski definition) is 2. The number of nitrogens with one attached hydrogen (secondary N) is 2. The van der Waals surface area contributed by atoms with Crippen LogP contribution in [0, 0.1) is 13.8 Å². The van der Waals surface area contributed by atoms with Crippen molar-refractivity contribution >= 4 is 17.4 Å². The van der Waals surface area contributed by atoms with Crippen LogP contribution in [0.2, 0.25) is 0 Å². The Bertz CT molecular complexity index is 707. The molecule has 8 heteroatoms. The largest absolute Gasteiger partial charge is 0.333 e. The lowest BCUT2D eigenvalue weighted by molar-refractivity contribution is 0.206. The predicted molar refractivity (Wildman–Crippen MR) is 89.2 cm³/mol. The van der Waals surface area contributed by atoms with Gasteiger partial charge in [0.15, 0.2) is 0 Å². The van der Waals surface area contributed by atoms with Gasteiger partial charge in [0.2, 0.25) is 0 Å². The number of amides is 2. The molecule has 3 heterocycles. The predicted octanol–water partition coefficient (Wildman–Crippen LogP) is 1.40. The molecule has 2 aromatic heterocycles. The Balaban J connectivity index is 1.57. The summed E-state index contributed by atoms with van der Waals surface area (Å²) in [5, 5.41) is 11.7. The first-order valence-electron chi connectivity index (χ1n) is 7.70. The van der Waals surface area contributed by atoms with E-state index in [0.29, 0.717) is 13.1 Å². The smallest absolute Gasteiger partial charge is 0.317 e. The third-order valence-corrected chi connectivity index (χ3v) is 5.05. The number of aryl methyl sites for hydroxylation is 2. The zero-order valence-corrected chi connectivity index (χ0v) is 14.5. The summed E-state index contributed by atoms with van der Waals surface area (Å²) in [6.07, 6.45) is 1.86. The number of hydrogen-bond acceptors (Lipinski definition) is 5. The summed E-state index contributed by atoms with van der Waals surface area (Å²) >= 11 is 1.63. The highest BCUT2D eigenvalue weighted by Gasteiger charge is 2.17. The molecule has 0 fully saturated rings.